The van der Waals surface area contributed by atoms with E-state index >= 15 is 0 Å². The topological polar surface area (TPSA) is 93.1 Å². The molecule has 0 aliphatic carbocycles. The maximum absolute atomic E-state index is 13.5. The molecule has 0 spiro atoms. The van der Waals surface area contributed by atoms with Gasteiger partial charge in [0, 0.05) is 23.4 Å². The first-order chi connectivity index (χ1) is 15.8. The number of benzene rings is 1. The van der Waals surface area contributed by atoms with Gasteiger partial charge in [0.25, 0.3) is 0 Å². The third-order valence-corrected chi connectivity index (χ3v) is 5.43. The molecule has 9 heteroatoms. The quantitative estimate of drug-likeness (QED) is 0.187. The number of aromatic nitrogens is 1. The first-order valence-electron chi connectivity index (χ1n) is 10.7. The van der Waals surface area contributed by atoms with Crippen LogP contribution < -0.4 is 4.74 Å². The molecular formula is C24H26ClNO7. The van der Waals surface area contributed by atoms with Crippen LogP contribution >= 0.6 is 11.6 Å². The molecule has 8 nitrogen and oxygen atoms in total. The molecular weight excluding hydrogens is 450 g/mol. The third-order valence-electron chi connectivity index (χ3n) is 5.20. The summed E-state index contributed by atoms with van der Waals surface area (Å²) in [4.78, 5) is 39.1. The number of ether oxygens (including phenoxy) is 4. The van der Waals surface area contributed by atoms with E-state index in [1.54, 1.807) is 49.6 Å². The second-order valence-corrected chi connectivity index (χ2v) is 7.67. The summed E-state index contributed by atoms with van der Waals surface area (Å²) < 4.78 is 23.6. The molecule has 2 heterocycles. The number of fused-ring (bicyclic) bond motifs is 3. The van der Waals surface area contributed by atoms with E-state index in [1.165, 1.54) is 0 Å². The van der Waals surface area contributed by atoms with Crippen molar-refractivity contribution in [2.45, 2.75) is 39.2 Å². The molecule has 0 bridgehead atoms. The largest absolute Gasteiger partial charge is 0.465 e. The van der Waals surface area contributed by atoms with Gasteiger partial charge in [-0.05, 0) is 39.0 Å². The van der Waals surface area contributed by atoms with E-state index in [9.17, 15) is 14.4 Å². The van der Waals surface area contributed by atoms with Gasteiger partial charge in [0.1, 0.15) is 5.76 Å². The Kier molecular flexibility index (Phi) is 7.48. The number of allylic oxidation sites excluding steroid dienone is 2. The summed E-state index contributed by atoms with van der Waals surface area (Å²) in [5.74, 6) is -2.00. The van der Waals surface area contributed by atoms with Crippen molar-refractivity contribution in [3.63, 3.8) is 0 Å². The number of hydrogen-bond donors (Lipinski definition) is 0. The molecule has 176 valence electrons. The van der Waals surface area contributed by atoms with E-state index in [1.807, 2.05) is 0 Å². The molecule has 33 heavy (non-hydrogen) atoms. The van der Waals surface area contributed by atoms with Gasteiger partial charge in [-0.1, -0.05) is 17.7 Å². The van der Waals surface area contributed by atoms with Crippen molar-refractivity contribution < 1.29 is 33.3 Å². The summed E-state index contributed by atoms with van der Waals surface area (Å²) >= 11 is 6.28. The molecule has 0 atom stereocenters. The van der Waals surface area contributed by atoms with Gasteiger partial charge in [-0.15, -0.1) is 6.58 Å². The number of halogens is 1. The van der Waals surface area contributed by atoms with E-state index in [0.29, 0.717) is 22.5 Å². The van der Waals surface area contributed by atoms with Gasteiger partial charge in [0.15, 0.2) is 0 Å². The van der Waals surface area contributed by atoms with Gasteiger partial charge in [-0.3, -0.25) is 9.59 Å². The minimum Gasteiger partial charge on any atom is -0.465 e. The molecule has 0 radical (unpaired) electrons. The lowest BCUT2D eigenvalue weighted by Gasteiger charge is -2.34. The highest BCUT2D eigenvalue weighted by atomic mass is 35.5. The van der Waals surface area contributed by atoms with Crippen molar-refractivity contribution >= 4 is 40.4 Å². The molecule has 0 saturated heterocycles. The van der Waals surface area contributed by atoms with Crippen molar-refractivity contribution in [3.8, 4) is 5.88 Å². The fourth-order valence-corrected chi connectivity index (χ4v) is 4.15. The highest BCUT2D eigenvalue weighted by Gasteiger charge is 2.57. The number of carbonyl (C=O) groups is 3. The molecule has 0 fully saturated rings. The van der Waals surface area contributed by atoms with E-state index in [-0.39, 0.29) is 43.4 Å². The van der Waals surface area contributed by atoms with Crippen molar-refractivity contribution in [2.24, 2.45) is 0 Å². The van der Waals surface area contributed by atoms with Crippen LogP contribution in [0.15, 0.2) is 42.7 Å². The van der Waals surface area contributed by atoms with Crippen molar-refractivity contribution in [3.05, 3.63) is 53.3 Å². The molecule has 1 aliphatic heterocycles. The lowest BCUT2D eigenvalue weighted by atomic mass is 9.75. The number of esters is 3. The van der Waals surface area contributed by atoms with Crippen LogP contribution in [0.25, 0.3) is 10.9 Å². The van der Waals surface area contributed by atoms with Crippen molar-refractivity contribution in [2.75, 3.05) is 19.8 Å². The predicted molar refractivity (Wildman–Crippen MR) is 122 cm³/mol. The molecule has 3 rings (SSSR count). The fraction of sp³-hybridized carbons (Fsp3) is 0.375. The Morgan fingerprint density at radius 2 is 1.76 bits per heavy atom. The summed E-state index contributed by atoms with van der Waals surface area (Å²) in [7, 11) is 0. The third kappa shape index (κ3) is 4.35. The first kappa shape index (κ1) is 24.4. The zero-order valence-electron chi connectivity index (χ0n) is 18.8. The Bertz CT molecular complexity index is 1110. The summed E-state index contributed by atoms with van der Waals surface area (Å²) in [5, 5.41) is 0.950. The van der Waals surface area contributed by atoms with Gasteiger partial charge < -0.3 is 23.5 Å². The number of carbonyl (C=O) groups excluding carboxylic acids is 3. The Morgan fingerprint density at radius 3 is 2.33 bits per heavy atom. The van der Waals surface area contributed by atoms with E-state index in [0.717, 1.165) is 6.08 Å². The van der Waals surface area contributed by atoms with Gasteiger partial charge in [0.2, 0.25) is 11.3 Å². The zero-order chi connectivity index (χ0) is 24.2. The summed E-state index contributed by atoms with van der Waals surface area (Å²) in [5.41, 5.74) is -0.966. The van der Waals surface area contributed by atoms with Gasteiger partial charge in [-0.25, -0.2) is 4.79 Å². The van der Waals surface area contributed by atoms with E-state index in [4.69, 9.17) is 30.5 Å². The minimum atomic E-state index is -1.91. The standard InChI is InChI=1S/C24H26ClNO7/c1-5-11-26-18-10-9-15(25)12-17(18)20-21(26)33-16(13-19(27)30-6-2)14-24(20,22(28)31-7-3)23(29)32-8-4/h5,9-10,12-13H,1,6-8,11,14H2,2-4H3/b16-13-. The molecule has 0 saturated carbocycles. The summed E-state index contributed by atoms with van der Waals surface area (Å²) in [6.45, 7) is 9.29. The van der Waals surface area contributed by atoms with Crippen LogP contribution in [0.5, 0.6) is 5.88 Å². The van der Waals surface area contributed by atoms with Crippen molar-refractivity contribution in [1.82, 2.24) is 4.57 Å². The average molecular weight is 476 g/mol. The van der Waals surface area contributed by atoms with Gasteiger partial charge >= 0.3 is 17.9 Å². The molecule has 1 aromatic heterocycles. The van der Waals surface area contributed by atoms with Gasteiger partial charge in [-0.2, -0.15) is 0 Å². The molecule has 2 aromatic rings. The number of hydrogen-bond acceptors (Lipinski definition) is 7. The molecule has 0 amide bonds. The lowest BCUT2D eigenvalue weighted by molar-refractivity contribution is -0.166. The molecule has 0 N–H and O–H groups in total. The maximum atomic E-state index is 13.5. The summed E-state index contributed by atoms with van der Waals surface area (Å²) in [6.07, 6.45) is 2.50. The Morgan fingerprint density at radius 1 is 1.12 bits per heavy atom. The van der Waals surface area contributed by atoms with Crippen LogP contribution in [0.3, 0.4) is 0 Å². The molecule has 1 aromatic carbocycles. The van der Waals surface area contributed by atoms with Crippen LogP contribution in [-0.2, 0) is 40.6 Å². The van der Waals surface area contributed by atoms with Crippen molar-refractivity contribution in [1.29, 1.82) is 0 Å². The van der Waals surface area contributed by atoms with E-state index < -0.39 is 23.3 Å². The van der Waals surface area contributed by atoms with Crippen LogP contribution in [-0.4, -0.2) is 42.3 Å². The second-order valence-electron chi connectivity index (χ2n) is 7.23. The number of nitrogens with zero attached hydrogens (tertiary/aromatic N) is 1. The van der Waals surface area contributed by atoms with Gasteiger partial charge in [0.05, 0.1) is 37.0 Å². The first-order valence-corrected chi connectivity index (χ1v) is 11.0. The van der Waals surface area contributed by atoms with Crippen LogP contribution in [0.1, 0.15) is 32.8 Å². The average Bonchev–Trinajstić information content (AvgIpc) is 3.07. The highest BCUT2D eigenvalue weighted by Crippen LogP contribution is 2.50. The molecule has 1 aliphatic rings. The highest BCUT2D eigenvalue weighted by molar-refractivity contribution is 6.31. The SMILES string of the molecule is C=CCn1c2c(c3cc(Cl)ccc31)C(C(=O)OCC)(C(=O)OCC)C/C(=C/C(=O)OCC)O2. The zero-order valence-corrected chi connectivity index (χ0v) is 19.6. The smallest absolute Gasteiger partial charge is 0.334 e. The number of rotatable bonds is 8. The van der Waals surface area contributed by atoms with Crippen LogP contribution in [0, 0.1) is 0 Å². The molecule has 0 unspecified atom stereocenters. The normalized spacial score (nSPS) is 15.5. The fourth-order valence-electron chi connectivity index (χ4n) is 3.98. The minimum absolute atomic E-state index is 0.0408. The Hall–Kier alpha value is -3.26. The second kappa shape index (κ2) is 10.1. The van der Waals surface area contributed by atoms with Crippen LogP contribution in [0.4, 0.5) is 0 Å². The lowest BCUT2D eigenvalue weighted by Crippen LogP contribution is -2.49. The Balaban J connectivity index is 2.42. The monoisotopic (exact) mass is 475 g/mol. The summed E-state index contributed by atoms with van der Waals surface area (Å²) in [6, 6.07) is 5.12. The van der Waals surface area contributed by atoms with E-state index in [2.05, 4.69) is 6.58 Å². The Labute approximate surface area is 196 Å². The van der Waals surface area contributed by atoms with Crippen LogP contribution in [0.2, 0.25) is 5.02 Å². The predicted octanol–water partition coefficient (Wildman–Crippen LogP) is 4.07. The maximum Gasteiger partial charge on any atom is 0.334 e.